The summed E-state index contributed by atoms with van der Waals surface area (Å²) in [4.78, 5) is 50.3. The van der Waals surface area contributed by atoms with Gasteiger partial charge in [0, 0.05) is 11.0 Å². The number of hydrogen-bond donors (Lipinski definition) is 2. The zero-order chi connectivity index (χ0) is 34.5. The Morgan fingerprint density at radius 3 is 2.02 bits per heavy atom. The molecule has 0 unspecified atom stereocenters. The van der Waals surface area contributed by atoms with E-state index in [4.69, 9.17) is 9.84 Å². The van der Waals surface area contributed by atoms with Gasteiger partial charge in [0.1, 0.15) is 32.0 Å². The molecular weight excluding hydrogens is 741 g/mol. The number of ketones is 1. The Morgan fingerprint density at radius 2 is 1.51 bits per heavy atom. The van der Waals surface area contributed by atoms with Gasteiger partial charge in [-0.05, 0) is 72.5 Å². The van der Waals surface area contributed by atoms with Crippen molar-refractivity contribution in [1.82, 2.24) is 9.78 Å². The van der Waals surface area contributed by atoms with E-state index in [9.17, 15) is 45.2 Å². The summed E-state index contributed by atoms with van der Waals surface area (Å²) in [5, 5.41) is 16.0. The molecule has 0 fully saturated rings. The summed E-state index contributed by atoms with van der Waals surface area (Å²) < 4.78 is 73.3. The zero-order valence-electron chi connectivity index (χ0n) is 25.8. The van der Waals surface area contributed by atoms with Crippen LogP contribution in [0.4, 0.5) is 5.69 Å². The Hall–Kier alpha value is -2.67. The minimum absolute atomic E-state index is 0. The van der Waals surface area contributed by atoms with Gasteiger partial charge in [0.2, 0.25) is 0 Å². The molecule has 0 aliphatic carbocycles. The molecule has 3 aromatic rings. The molecule has 21 heteroatoms. The van der Waals surface area contributed by atoms with E-state index in [2.05, 4.69) is 10.2 Å². The quantitative estimate of drug-likeness (QED) is 0.0492. The third-order valence-corrected chi connectivity index (χ3v) is 7.78. The normalized spacial score (nSPS) is 13.9. The van der Waals surface area contributed by atoms with E-state index in [-0.39, 0.29) is 143 Å². The van der Waals surface area contributed by atoms with Gasteiger partial charge in [-0.2, -0.15) is 0 Å². The van der Waals surface area contributed by atoms with E-state index >= 15 is 0 Å². The molecule has 242 valence electrons. The number of ether oxygens (including phenoxy) is 1. The number of esters is 1. The first-order valence-electron chi connectivity index (χ1n) is 12.9. The van der Waals surface area contributed by atoms with E-state index in [1.54, 1.807) is 6.92 Å². The Balaban J connectivity index is 0.00000417. The molecule has 49 heavy (non-hydrogen) atoms. The molecule has 0 spiro atoms. The van der Waals surface area contributed by atoms with E-state index < -0.39 is 53.1 Å². The van der Waals surface area contributed by atoms with Crippen LogP contribution in [0.15, 0.2) is 98.2 Å². The van der Waals surface area contributed by atoms with Crippen molar-refractivity contribution < 1.29 is 153 Å². The van der Waals surface area contributed by atoms with Crippen molar-refractivity contribution in [2.75, 3.05) is 11.7 Å². The number of carbonyl (C=O) groups excluding carboxylic acids is 2. The first-order valence-corrected chi connectivity index (χ1v) is 15.7. The summed E-state index contributed by atoms with van der Waals surface area (Å²) in [6, 6.07) is 8.42. The van der Waals surface area contributed by atoms with Crippen molar-refractivity contribution >= 4 is 49.5 Å². The monoisotopic (exact) mass is 760 g/mol. The van der Waals surface area contributed by atoms with Crippen molar-refractivity contribution in [2.45, 2.75) is 16.7 Å². The standard InChI is InChI=1S/C28H21N5O12S2.2K/c1-2-45-28(37)25-22(27(36)31(29-25)18-8-12-20(13-9-18)46(39,40)41)6-4-3-5-7-23-26(24(35)16-17-34)30-32(33(23)38)19-10-14-21(15-11-19)47(42,43)44;;/h3-15H,2H2,1H3,(H3-,29,30,34,35,36,38,39,40,41,42,43,44);;/q;2*+1/p-1. The van der Waals surface area contributed by atoms with Crippen molar-refractivity contribution in [3.05, 3.63) is 105 Å². The fourth-order valence-corrected chi connectivity index (χ4v) is 4.91. The number of aromatic amines is 1. The molecule has 0 amide bonds. The maximum absolute atomic E-state index is 13.2. The molecular formula is C28H20K2N5O12S2+. The summed E-state index contributed by atoms with van der Waals surface area (Å²) in [6.07, 6.45) is 7.66. The minimum Gasteiger partial charge on any atom is -0.744 e. The van der Waals surface area contributed by atoms with E-state index in [1.165, 1.54) is 42.5 Å². The molecule has 1 aromatic heterocycles. The fraction of sp³-hybridized carbons (Fsp3) is 0.0714. The number of benzene rings is 2. The van der Waals surface area contributed by atoms with E-state index in [0.29, 0.717) is 5.12 Å². The van der Waals surface area contributed by atoms with Crippen molar-refractivity contribution in [3.63, 3.8) is 0 Å². The molecule has 0 saturated carbocycles. The van der Waals surface area contributed by atoms with Crippen LogP contribution in [0.2, 0.25) is 0 Å². The first kappa shape index (κ1) is 42.5. The number of aliphatic hydroxyl groups is 1. The second-order valence-electron chi connectivity index (χ2n) is 9.03. The Morgan fingerprint density at radius 1 is 0.959 bits per heavy atom. The van der Waals surface area contributed by atoms with Crippen LogP contribution in [0.25, 0.3) is 11.8 Å². The van der Waals surface area contributed by atoms with Crippen LogP contribution in [0, 0.1) is 16.9 Å². The number of aromatic nitrogens is 2. The number of nitroso groups, excluding NO2 is 1. The maximum atomic E-state index is 13.2. The number of nitrogens with one attached hydrogen (secondary N) is 1. The Labute approximate surface area is 363 Å². The number of Topliss-reactive ketones (excluding diaryl/α,β-unsaturated/α-hetero) is 1. The number of nitrogens with zero attached hydrogens (tertiary/aromatic N) is 4. The molecule has 2 heterocycles. The summed E-state index contributed by atoms with van der Waals surface area (Å²) in [6.45, 7) is 1.53. The number of H-pyrrole nitrogens is 1. The molecule has 17 nitrogen and oxygen atoms in total. The predicted molar refractivity (Wildman–Crippen MR) is 159 cm³/mol. The Kier molecular flexibility index (Phi) is 15.6. The molecule has 2 aromatic carbocycles. The van der Waals surface area contributed by atoms with Crippen LogP contribution in [-0.2, 0) is 29.8 Å². The number of anilines is 1. The topological polar surface area (TPSA) is 251 Å². The van der Waals surface area contributed by atoms with E-state index in [0.717, 1.165) is 47.2 Å². The van der Waals surface area contributed by atoms with Gasteiger partial charge in [0.15, 0.2) is 5.69 Å². The van der Waals surface area contributed by atoms with Crippen LogP contribution in [0.3, 0.4) is 0 Å². The summed E-state index contributed by atoms with van der Waals surface area (Å²) in [7, 11) is -9.51. The fourth-order valence-electron chi connectivity index (χ4n) is 3.97. The molecule has 2 N–H and O–H groups in total. The average molecular weight is 761 g/mol. The van der Waals surface area contributed by atoms with Gasteiger partial charge in [0.25, 0.3) is 17.0 Å². The largest absolute Gasteiger partial charge is 1.00 e. The summed E-state index contributed by atoms with van der Waals surface area (Å²) in [5.74, 6) is -0.0909. The van der Waals surface area contributed by atoms with Gasteiger partial charge in [-0.3, -0.25) is 14.7 Å². The van der Waals surface area contributed by atoms with Gasteiger partial charge in [-0.25, -0.2) is 26.3 Å². The van der Waals surface area contributed by atoms with E-state index in [1.807, 2.05) is 5.92 Å². The van der Waals surface area contributed by atoms with Crippen LogP contribution >= 0.6 is 0 Å². The van der Waals surface area contributed by atoms with Crippen LogP contribution in [0.5, 0.6) is 0 Å². The van der Waals surface area contributed by atoms with Crippen molar-refractivity contribution in [2.24, 2.45) is 5.10 Å². The summed E-state index contributed by atoms with van der Waals surface area (Å²) in [5.41, 5.74) is -1.95. The van der Waals surface area contributed by atoms with Gasteiger partial charge < -0.3 is 18.9 Å². The number of aliphatic hydroxyl groups excluding tert-OH is 1. The van der Waals surface area contributed by atoms with Gasteiger partial charge in [-0.15, -0.1) is 0 Å². The van der Waals surface area contributed by atoms with Gasteiger partial charge in [0.05, 0.1) is 37.6 Å². The van der Waals surface area contributed by atoms with Crippen LogP contribution < -0.4 is 113 Å². The number of allylic oxidation sites excluding steroid dienone is 5. The van der Waals surface area contributed by atoms with Crippen molar-refractivity contribution in [3.8, 4) is 17.7 Å². The molecule has 4 rings (SSSR count). The third-order valence-electron chi connectivity index (χ3n) is 6.09. The van der Waals surface area contributed by atoms with Crippen LogP contribution in [0.1, 0.15) is 23.0 Å². The number of rotatable bonds is 10. The minimum atomic E-state index is -4.77. The van der Waals surface area contributed by atoms with Crippen LogP contribution in [-0.4, -0.2) is 69.8 Å². The van der Waals surface area contributed by atoms with Gasteiger partial charge >= 0.3 is 114 Å². The summed E-state index contributed by atoms with van der Waals surface area (Å²) >= 11 is 0. The number of hydrogen-bond acceptors (Lipinski definition) is 13. The predicted octanol–water partition coefficient (Wildman–Crippen LogP) is -4.92. The SMILES string of the molecule is CCOC(=O)c1[nH]n(-c2ccc(S(=O)(=O)[O-])cc2)c(=O)c1C=CC=CC=C1C(C(=O)C#CO)=NN(c2ccc(S(=O)(=O)[O-])cc2)[N+]1=O.[K+].[K+]. The van der Waals surface area contributed by atoms with Gasteiger partial charge in [-0.1, -0.05) is 18.2 Å². The number of hydrazine groups is 1. The second-order valence-corrected chi connectivity index (χ2v) is 11.8. The number of carbonyl (C=O) groups is 2. The zero-order valence-corrected chi connectivity index (χ0v) is 33.6. The molecule has 0 bridgehead atoms. The molecule has 1 aliphatic heterocycles. The number of hydrazone groups is 1. The van der Waals surface area contributed by atoms with Crippen molar-refractivity contribution in [1.29, 1.82) is 0 Å². The maximum Gasteiger partial charge on any atom is 1.00 e. The molecule has 1 aliphatic rings. The average Bonchev–Trinajstić information content (AvgIpc) is 3.52. The second kappa shape index (κ2) is 18.0. The Bertz CT molecular complexity index is 2250. The smallest absolute Gasteiger partial charge is 0.744 e. The molecule has 0 saturated heterocycles. The first-order chi connectivity index (χ1) is 22.2. The molecule has 0 radical (unpaired) electrons. The third kappa shape index (κ3) is 10.2. The molecule has 0 atom stereocenters.